The van der Waals surface area contributed by atoms with E-state index in [1.165, 1.54) is 21.0 Å². The molecule has 3 nitrogen and oxygen atoms in total. The number of fused-ring (bicyclic) bond motifs is 1. The third kappa shape index (κ3) is 2.92. The van der Waals surface area contributed by atoms with Crippen LogP contribution in [0.1, 0.15) is 40.0 Å². The minimum Gasteiger partial charge on any atom is -0.309 e. The summed E-state index contributed by atoms with van der Waals surface area (Å²) in [5, 5.41) is 8.39. The highest BCUT2D eigenvalue weighted by atomic mass is 32.1. The Morgan fingerprint density at radius 1 is 1.45 bits per heavy atom. The van der Waals surface area contributed by atoms with Crippen molar-refractivity contribution in [1.82, 2.24) is 15.6 Å². The van der Waals surface area contributed by atoms with Gasteiger partial charge in [-0.1, -0.05) is 24.3 Å². The number of nitrogens with one attached hydrogen (secondary N) is 2. The van der Waals surface area contributed by atoms with Gasteiger partial charge < -0.3 is 10.6 Å². The molecule has 0 bridgehead atoms. The second kappa shape index (κ2) is 6.04. The minimum atomic E-state index is 0.310. The predicted octanol–water partition coefficient (Wildman–Crippen LogP) is 2.99. The van der Waals surface area contributed by atoms with Gasteiger partial charge in [0, 0.05) is 23.7 Å². The van der Waals surface area contributed by atoms with E-state index in [0.29, 0.717) is 12.1 Å². The summed E-state index contributed by atoms with van der Waals surface area (Å²) in [6, 6.07) is 9.47. The van der Waals surface area contributed by atoms with Gasteiger partial charge in [0.2, 0.25) is 0 Å². The summed E-state index contributed by atoms with van der Waals surface area (Å²) in [5.74, 6) is 0. The summed E-state index contributed by atoms with van der Waals surface area (Å²) < 4.78 is 0. The monoisotopic (exact) mass is 287 g/mol. The highest BCUT2D eigenvalue weighted by molar-refractivity contribution is 7.11. The fraction of sp³-hybridized carbons (Fsp3) is 0.438. The summed E-state index contributed by atoms with van der Waals surface area (Å²) in [6.07, 6.45) is 3.08. The number of benzene rings is 1. The van der Waals surface area contributed by atoms with Gasteiger partial charge in [0.05, 0.1) is 6.04 Å². The minimum absolute atomic E-state index is 0.310. The van der Waals surface area contributed by atoms with Gasteiger partial charge >= 0.3 is 0 Å². The second-order valence-electron chi connectivity index (χ2n) is 5.39. The summed E-state index contributed by atoms with van der Waals surface area (Å²) in [6.45, 7) is 6.30. The Hall–Kier alpha value is -1.23. The van der Waals surface area contributed by atoms with Crippen LogP contribution in [-0.2, 0) is 6.42 Å². The van der Waals surface area contributed by atoms with Crippen molar-refractivity contribution in [2.24, 2.45) is 0 Å². The molecule has 2 heterocycles. The van der Waals surface area contributed by atoms with E-state index in [4.69, 9.17) is 0 Å². The number of hydrogen-bond donors (Lipinski definition) is 2. The molecule has 0 aliphatic carbocycles. The molecule has 1 aliphatic rings. The molecule has 0 saturated heterocycles. The number of thiazole rings is 1. The lowest BCUT2D eigenvalue weighted by Crippen LogP contribution is -2.37. The molecule has 0 spiro atoms. The van der Waals surface area contributed by atoms with Crippen molar-refractivity contribution >= 4 is 11.3 Å². The van der Waals surface area contributed by atoms with Gasteiger partial charge in [0.25, 0.3) is 0 Å². The van der Waals surface area contributed by atoms with E-state index in [2.05, 4.69) is 53.7 Å². The quantitative estimate of drug-likeness (QED) is 0.907. The molecule has 2 atom stereocenters. The maximum atomic E-state index is 4.46. The summed E-state index contributed by atoms with van der Waals surface area (Å²) >= 11 is 1.77. The maximum absolute atomic E-state index is 4.46. The third-order valence-electron chi connectivity index (χ3n) is 3.85. The van der Waals surface area contributed by atoms with Gasteiger partial charge in [-0.3, -0.25) is 0 Å². The molecule has 20 heavy (non-hydrogen) atoms. The number of hydrogen-bond acceptors (Lipinski definition) is 4. The molecule has 106 valence electrons. The standard InChI is InChI=1S/C16H21N3S/c1-11-9-19-16(20-11)12(2)18-10-15-14-6-4-3-5-13(14)7-8-17-15/h3-6,9,12,15,17-18H,7-8,10H2,1-2H3. The Kier molecular flexibility index (Phi) is 4.15. The first-order valence-electron chi connectivity index (χ1n) is 7.21. The molecule has 1 aliphatic heterocycles. The van der Waals surface area contributed by atoms with Gasteiger partial charge in [0.1, 0.15) is 5.01 Å². The van der Waals surface area contributed by atoms with Crippen molar-refractivity contribution in [1.29, 1.82) is 0 Å². The van der Waals surface area contributed by atoms with Gasteiger partial charge in [-0.15, -0.1) is 11.3 Å². The fourth-order valence-corrected chi connectivity index (χ4v) is 3.53. The predicted molar refractivity (Wildman–Crippen MR) is 84.2 cm³/mol. The molecule has 0 saturated carbocycles. The van der Waals surface area contributed by atoms with Crippen LogP contribution in [0.2, 0.25) is 0 Å². The number of rotatable bonds is 4. The Balaban J connectivity index is 1.65. The fourth-order valence-electron chi connectivity index (χ4n) is 2.73. The average molecular weight is 287 g/mol. The zero-order valence-corrected chi connectivity index (χ0v) is 12.8. The van der Waals surface area contributed by atoms with Crippen molar-refractivity contribution in [3.05, 3.63) is 51.5 Å². The lowest BCUT2D eigenvalue weighted by Gasteiger charge is -2.28. The van der Waals surface area contributed by atoms with E-state index in [-0.39, 0.29) is 0 Å². The Morgan fingerprint density at radius 3 is 3.10 bits per heavy atom. The van der Waals surface area contributed by atoms with Crippen LogP contribution >= 0.6 is 11.3 Å². The molecule has 0 amide bonds. The zero-order chi connectivity index (χ0) is 13.9. The zero-order valence-electron chi connectivity index (χ0n) is 12.0. The molecule has 2 unspecified atom stereocenters. The normalized spacial score (nSPS) is 19.6. The van der Waals surface area contributed by atoms with E-state index in [1.54, 1.807) is 11.3 Å². The average Bonchev–Trinajstić information content (AvgIpc) is 2.91. The Labute approximate surface area is 124 Å². The number of aromatic nitrogens is 1. The Bertz CT molecular complexity index is 579. The van der Waals surface area contributed by atoms with Crippen LogP contribution in [0, 0.1) is 6.92 Å². The molecular weight excluding hydrogens is 266 g/mol. The van der Waals surface area contributed by atoms with Crippen LogP contribution in [0.15, 0.2) is 30.5 Å². The molecule has 1 aromatic heterocycles. The SMILES string of the molecule is Cc1cnc(C(C)NCC2NCCc3ccccc32)s1. The maximum Gasteiger partial charge on any atom is 0.109 e. The van der Waals surface area contributed by atoms with Gasteiger partial charge in [-0.25, -0.2) is 4.98 Å². The Morgan fingerprint density at radius 2 is 2.30 bits per heavy atom. The van der Waals surface area contributed by atoms with Crippen molar-refractivity contribution in [3.8, 4) is 0 Å². The van der Waals surface area contributed by atoms with Crippen LogP contribution in [0.5, 0.6) is 0 Å². The molecule has 2 aromatic rings. The van der Waals surface area contributed by atoms with E-state index in [0.717, 1.165) is 19.5 Å². The second-order valence-corrected chi connectivity index (χ2v) is 6.66. The molecule has 0 fully saturated rings. The smallest absolute Gasteiger partial charge is 0.109 e. The third-order valence-corrected chi connectivity index (χ3v) is 4.95. The lowest BCUT2D eigenvalue weighted by molar-refractivity contribution is 0.442. The van der Waals surface area contributed by atoms with Gasteiger partial charge in [-0.2, -0.15) is 0 Å². The lowest BCUT2D eigenvalue weighted by atomic mass is 9.94. The molecule has 2 N–H and O–H groups in total. The summed E-state index contributed by atoms with van der Waals surface area (Å²) in [7, 11) is 0. The summed E-state index contributed by atoms with van der Waals surface area (Å²) in [4.78, 5) is 5.73. The van der Waals surface area contributed by atoms with Gasteiger partial charge in [0.15, 0.2) is 0 Å². The highest BCUT2D eigenvalue weighted by Gasteiger charge is 2.20. The molecule has 3 rings (SSSR count). The van der Waals surface area contributed by atoms with Crippen LogP contribution in [-0.4, -0.2) is 18.1 Å². The van der Waals surface area contributed by atoms with Crippen LogP contribution < -0.4 is 10.6 Å². The number of nitrogens with zero attached hydrogens (tertiary/aromatic N) is 1. The van der Waals surface area contributed by atoms with E-state index in [9.17, 15) is 0 Å². The molecular formula is C16H21N3S. The van der Waals surface area contributed by atoms with Crippen LogP contribution in [0.25, 0.3) is 0 Å². The topological polar surface area (TPSA) is 37.0 Å². The molecule has 0 radical (unpaired) electrons. The van der Waals surface area contributed by atoms with E-state index < -0.39 is 0 Å². The van der Waals surface area contributed by atoms with Gasteiger partial charge in [-0.05, 0) is 37.9 Å². The summed E-state index contributed by atoms with van der Waals surface area (Å²) in [5.41, 5.74) is 2.92. The van der Waals surface area contributed by atoms with Crippen LogP contribution in [0.3, 0.4) is 0 Å². The van der Waals surface area contributed by atoms with Crippen molar-refractivity contribution in [3.63, 3.8) is 0 Å². The first kappa shape index (κ1) is 13.7. The van der Waals surface area contributed by atoms with Crippen molar-refractivity contribution in [2.45, 2.75) is 32.4 Å². The van der Waals surface area contributed by atoms with E-state index >= 15 is 0 Å². The van der Waals surface area contributed by atoms with E-state index in [1.807, 2.05) is 6.20 Å². The number of aryl methyl sites for hydroxylation is 1. The first-order valence-corrected chi connectivity index (χ1v) is 8.02. The largest absolute Gasteiger partial charge is 0.309 e. The first-order chi connectivity index (χ1) is 9.74. The molecule has 4 heteroatoms. The van der Waals surface area contributed by atoms with Crippen molar-refractivity contribution in [2.75, 3.05) is 13.1 Å². The van der Waals surface area contributed by atoms with Crippen molar-refractivity contribution < 1.29 is 0 Å². The van der Waals surface area contributed by atoms with Crippen LogP contribution in [0.4, 0.5) is 0 Å². The highest BCUT2D eigenvalue weighted by Crippen LogP contribution is 2.24. The molecule has 1 aromatic carbocycles.